The van der Waals surface area contributed by atoms with Crippen LogP contribution in [0.25, 0.3) is 0 Å². The van der Waals surface area contributed by atoms with Crippen molar-refractivity contribution in [2.45, 2.75) is 33.1 Å². The van der Waals surface area contributed by atoms with E-state index in [-0.39, 0.29) is 37.2 Å². The zero-order valence-corrected chi connectivity index (χ0v) is 13.2. The van der Waals surface area contributed by atoms with Gasteiger partial charge in [-0.1, -0.05) is 30.3 Å². The van der Waals surface area contributed by atoms with Gasteiger partial charge >= 0.3 is 5.97 Å². The van der Waals surface area contributed by atoms with Crippen LogP contribution in [0.4, 0.5) is 0 Å². The van der Waals surface area contributed by atoms with E-state index in [2.05, 4.69) is 0 Å². The summed E-state index contributed by atoms with van der Waals surface area (Å²) in [6.45, 7) is 3.73. The van der Waals surface area contributed by atoms with E-state index in [0.717, 1.165) is 5.56 Å². The molecule has 1 aromatic carbocycles. The van der Waals surface area contributed by atoms with Gasteiger partial charge in [-0.05, 0) is 25.8 Å². The number of esters is 1. The molecule has 120 valence electrons. The Morgan fingerprint density at radius 2 is 1.77 bits per heavy atom. The van der Waals surface area contributed by atoms with Crippen LogP contribution in [0.2, 0.25) is 0 Å². The molecular weight excluding hydrogens is 282 g/mol. The molecule has 0 atom stereocenters. The van der Waals surface area contributed by atoms with Crippen molar-refractivity contribution < 1.29 is 19.1 Å². The lowest BCUT2D eigenvalue weighted by atomic mass is 10.1. The smallest absolute Gasteiger partial charge is 0.307 e. The van der Waals surface area contributed by atoms with Gasteiger partial charge in [-0.3, -0.25) is 14.4 Å². The average molecular weight is 305 g/mol. The first-order valence-electron chi connectivity index (χ1n) is 7.49. The molecule has 0 aromatic heterocycles. The van der Waals surface area contributed by atoms with Crippen LogP contribution in [0.3, 0.4) is 0 Å². The standard InChI is InChI=1S/C17H23NO4/c1-3-22-17(21)11-12-18(13-14(2)19)16(20)10-9-15-7-5-4-6-8-15/h4-8H,3,9-13H2,1-2H3. The van der Waals surface area contributed by atoms with Crippen molar-refractivity contribution in [3.8, 4) is 0 Å². The summed E-state index contributed by atoms with van der Waals surface area (Å²) in [6, 6.07) is 9.69. The van der Waals surface area contributed by atoms with Crippen LogP contribution in [0, 0.1) is 0 Å². The van der Waals surface area contributed by atoms with Gasteiger partial charge in [0, 0.05) is 13.0 Å². The van der Waals surface area contributed by atoms with Crippen LogP contribution in [-0.2, 0) is 25.5 Å². The second-order valence-electron chi connectivity index (χ2n) is 5.06. The van der Waals surface area contributed by atoms with Gasteiger partial charge in [0.15, 0.2) is 0 Å². The highest BCUT2D eigenvalue weighted by molar-refractivity contribution is 5.85. The third kappa shape index (κ3) is 7.02. The fourth-order valence-electron chi connectivity index (χ4n) is 2.07. The molecule has 0 aliphatic heterocycles. The van der Waals surface area contributed by atoms with Crippen LogP contribution in [0.15, 0.2) is 30.3 Å². The highest BCUT2D eigenvalue weighted by Gasteiger charge is 2.16. The van der Waals surface area contributed by atoms with E-state index in [9.17, 15) is 14.4 Å². The number of Topliss-reactive ketones (excluding diaryl/α,β-unsaturated/α-hetero) is 1. The van der Waals surface area contributed by atoms with Gasteiger partial charge in [-0.25, -0.2) is 0 Å². The third-order valence-corrected chi connectivity index (χ3v) is 3.13. The van der Waals surface area contributed by atoms with Gasteiger partial charge in [0.05, 0.1) is 19.6 Å². The lowest BCUT2D eigenvalue weighted by Crippen LogP contribution is -2.37. The lowest BCUT2D eigenvalue weighted by molar-refractivity contribution is -0.144. The summed E-state index contributed by atoms with van der Waals surface area (Å²) in [5.41, 5.74) is 1.07. The summed E-state index contributed by atoms with van der Waals surface area (Å²) in [4.78, 5) is 36.4. The Balaban J connectivity index is 2.52. The van der Waals surface area contributed by atoms with Crippen molar-refractivity contribution in [1.29, 1.82) is 0 Å². The van der Waals surface area contributed by atoms with Crippen LogP contribution < -0.4 is 0 Å². The van der Waals surface area contributed by atoms with Gasteiger partial charge in [0.2, 0.25) is 5.91 Å². The molecule has 0 N–H and O–H groups in total. The van der Waals surface area contributed by atoms with E-state index in [0.29, 0.717) is 19.4 Å². The summed E-state index contributed by atoms with van der Waals surface area (Å²) in [5, 5.41) is 0. The molecule has 5 heteroatoms. The minimum Gasteiger partial charge on any atom is -0.466 e. The minimum absolute atomic E-state index is 0.0348. The quantitative estimate of drug-likeness (QED) is 0.655. The fourth-order valence-corrected chi connectivity index (χ4v) is 2.07. The first kappa shape index (κ1) is 17.9. The van der Waals surface area contributed by atoms with Gasteiger partial charge in [-0.15, -0.1) is 0 Å². The van der Waals surface area contributed by atoms with E-state index in [4.69, 9.17) is 4.74 Å². The van der Waals surface area contributed by atoms with Crippen LogP contribution in [-0.4, -0.2) is 42.3 Å². The summed E-state index contributed by atoms with van der Waals surface area (Å²) in [7, 11) is 0. The number of nitrogens with zero attached hydrogens (tertiary/aromatic N) is 1. The predicted molar refractivity (Wildman–Crippen MR) is 83.3 cm³/mol. The Morgan fingerprint density at radius 3 is 2.36 bits per heavy atom. The molecule has 1 rings (SSSR count). The summed E-state index contributed by atoms with van der Waals surface area (Å²) in [5.74, 6) is -0.577. The van der Waals surface area contributed by atoms with Gasteiger partial charge < -0.3 is 9.64 Å². The number of hydrogen-bond acceptors (Lipinski definition) is 4. The van der Waals surface area contributed by atoms with Crippen molar-refractivity contribution in [3.05, 3.63) is 35.9 Å². The lowest BCUT2D eigenvalue weighted by Gasteiger charge is -2.21. The molecule has 0 bridgehead atoms. The highest BCUT2D eigenvalue weighted by atomic mass is 16.5. The van der Waals surface area contributed by atoms with Gasteiger partial charge in [-0.2, -0.15) is 0 Å². The van der Waals surface area contributed by atoms with Crippen molar-refractivity contribution in [2.24, 2.45) is 0 Å². The highest BCUT2D eigenvalue weighted by Crippen LogP contribution is 2.06. The Hall–Kier alpha value is -2.17. The van der Waals surface area contributed by atoms with Gasteiger partial charge in [0.1, 0.15) is 5.78 Å². The summed E-state index contributed by atoms with van der Waals surface area (Å²) in [6.07, 6.45) is 1.05. The molecule has 0 radical (unpaired) electrons. The normalized spacial score (nSPS) is 10.1. The first-order chi connectivity index (χ1) is 10.5. The maximum atomic E-state index is 12.2. The molecule has 1 amide bonds. The molecule has 0 saturated carbocycles. The zero-order chi connectivity index (χ0) is 16.4. The molecule has 1 aromatic rings. The number of ether oxygens (including phenoxy) is 1. The van der Waals surface area contributed by atoms with E-state index >= 15 is 0 Å². The number of carbonyl (C=O) groups is 3. The molecule has 0 heterocycles. The molecule has 0 fully saturated rings. The molecule has 0 saturated heterocycles. The molecule has 0 spiro atoms. The number of rotatable bonds is 9. The Labute approximate surface area is 131 Å². The largest absolute Gasteiger partial charge is 0.466 e. The van der Waals surface area contributed by atoms with Crippen LogP contribution in [0.1, 0.15) is 32.3 Å². The van der Waals surface area contributed by atoms with Crippen molar-refractivity contribution in [3.63, 3.8) is 0 Å². The second kappa shape index (κ2) is 9.71. The predicted octanol–water partition coefficient (Wildman–Crippen LogP) is 1.99. The molecular formula is C17H23NO4. The van der Waals surface area contributed by atoms with Crippen LogP contribution in [0.5, 0.6) is 0 Å². The second-order valence-corrected chi connectivity index (χ2v) is 5.06. The molecule has 5 nitrogen and oxygen atoms in total. The fraction of sp³-hybridized carbons (Fsp3) is 0.471. The maximum Gasteiger partial charge on any atom is 0.307 e. The summed E-state index contributed by atoms with van der Waals surface area (Å²) >= 11 is 0. The van der Waals surface area contributed by atoms with Crippen molar-refractivity contribution in [1.82, 2.24) is 4.90 Å². The maximum absolute atomic E-state index is 12.2. The molecule has 0 unspecified atom stereocenters. The Kier molecular flexibility index (Phi) is 7.89. The molecule has 22 heavy (non-hydrogen) atoms. The van der Waals surface area contributed by atoms with E-state index in [1.165, 1.54) is 11.8 Å². The number of carbonyl (C=O) groups excluding carboxylic acids is 3. The molecule has 0 aliphatic carbocycles. The van der Waals surface area contributed by atoms with E-state index in [1.807, 2.05) is 30.3 Å². The number of aryl methyl sites for hydroxylation is 1. The monoisotopic (exact) mass is 305 g/mol. The number of ketones is 1. The third-order valence-electron chi connectivity index (χ3n) is 3.13. The van der Waals surface area contributed by atoms with Crippen molar-refractivity contribution in [2.75, 3.05) is 19.7 Å². The Morgan fingerprint density at radius 1 is 1.09 bits per heavy atom. The van der Waals surface area contributed by atoms with Gasteiger partial charge in [0.25, 0.3) is 0 Å². The Bertz CT molecular complexity index is 499. The topological polar surface area (TPSA) is 63.7 Å². The molecule has 0 aliphatic rings. The minimum atomic E-state index is -0.355. The number of benzene rings is 1. The van der Waals surface area contributed by atoms with E-state index < -0.39 is 0 Å². The van der Waals surface area contributed by atoms with Crippen molar-refractivity contribution >= 4 is 17.7 Å². The van der Waals surface area contributed by atoms with E-state index in [1.54, 1.807) is 6.92 Å². The number of hydrogen-bond donors (Lipinski definition) is 0. The zero-order valence-electron chi connectivity index (χ0n) is 13.2. The average Bonchev–Trinajstić information content (AvgIpc) is 2.50. The van der Waals surface area contributed by atoms with Crippen LogP contribution >= 0.6 is 0 Å². The first-order valence-corrected chi connectivity index (χ1v) is 7.49. The summed E-state index contributed by atoms with van der Waals surface area (Å²) < 4.78 is 4.84. The number of amides is 1. The SMILES string of the molecule is CCOC(=O)CCN(CC(C)=O)C(=O)CCc1ccccc1.